The number of hydrogen-bond donors (Lipinski definition) is 0. The van der Waals surface area contributed by atoms with Crippen molar-refractivity contribution in [1.29, 1.82) is 0 Å². The molecule has 62 heavy (non-hydrogen) atoms. The Kier molecular flexibility index (Phi) is 9.00. The summed E-state index contributed by atoms with van der Waals surface area (Å²) in [6.07, 6.45) is -9.95. The number of benzene rings is 8. The third kappa shape index (κ3) is 6.44. The Morgan fingerprint density at radius 1 is 0.339 bits per heavy atom. The molecular formula is C54H38F6N2. The molecule has 2 heterocycles. The maximum atomic E-state index is 15.2. The summed E-state index contributed by atoms with van der Waals surface area (Å²) < 4.78 is 95.0. The van der Waals surface area contributed by atoms with Crippen LogP contribution in [0.3, 0.4) is 0 Å². The Morgan fingerprint density at radius 3 is 1.11 bits per heavy atom. The molecule has 0 N–H and O–H groups in total. The Labute approximate surface area is 353 Å². The second kappa shape index (κ2) is 14.3. The standard InChI is InChI=1S/C54H38F6N2/c1-31-13-19-39(33(3)25-31)35-15-21-43-41-9-5-7-11-49(41)61(51(43)27-35)37-17-23-47(53(55,56)57)45(29-37)46-30-38(18-24-48(46)54(58,59)60)62-50-12-8-6-10-42(50)44-22-16-36(28-52(44)62)40-20-14-32(2)26-34(40)4/h5-30H,1-4H3. The van der Waals surface area contributed by atoms with Crippen molar-refractivity contribution in [3.63, 3.8) is 0 Å². The zero-order valence-electron chi connectivity index (χ0n) is 34.2. The molecule has 8 heteroatoms. The van der Waals surface area contributed by atoms with Gasteiger partial charge in [-0.15, -0.1) is 0 Å². The van der Waals surface area contributed by atoms with Crippen LogP contribution in [-0.2, 0) is 12.4 Å². The number of alkyl halides is 6. The van der Waals surface area contributed by atoms with Crippen molar-refractivity contribution in [1.82, 2.24) is 9.13 Å². The van der Waals surface area contributed by atoms with Gasteiger partial charge in [-0.05, 0) is 133 Å². The topological polar surface area (TPSA) is 9.86 Å². The first-order valence-electron chi connectivity index (χ1n) is 20.3. The highest BCUT2D eigenvalue weighted by molar-refractivity contribution is 6.11. The number of aryl methyl sites for hydroxylation is 4. The normalized spacial score (nSPS) is 12.4. The lowest BCUT2D eigenvalue weighted by Crippen LogP contribution is -2.12. The molecule has 10 rings (SSSR count). The molecule has 0 spiro atoms. The summed E-state index contributed by atoms with van der Waals surface area (Å²) in [4.78, 5) is 0. The van der Waals surface area contributed by atoms with Crippen LogP contribution in [-0.4, -0.2) is 9.13 Å². The van der Waals surface area contributed by atoms with E-state index in [2.05, 4.69) is 12.1 Å². The number of fused-ring (bicyclic) bond motifs is 6. The van der Waals surface area contributed by atoms with Gasteiger partial charge in [0.2, 0.25) is 0 Å². The first kappa shape index (κ1) is 39.1. The molecule has 0 radical (unpaired) electrons. The van der Waals surface area contributed by atoms with Crippen molar-refractivity contribution in [3.8, 4) is 44.8 Å². The quantitative estimate of drug-likeness (QED) is 0.153. The van der Waals surface area contributed by atoms with E-state index in [-0.39, 0.29) is 0 Å². The monoisotopic (exact) mass is 828 g/mol. The molecule has 8 aromatic carbocycles. The summed E-state index contributed by atoms with van der Waals surface area (Å²) in [5.74, 6) is 0. The Balaban J connectivity index is 1.24. The maximum Gasteiger partial charge on any atom is 0.417 e. The van der Waals surface area contributed by atoms with Crippen LogP contribution in [0.25, 0.3) is 88.4 Å². The van der Waals surface area contributed by atoms with E-state index >= 15 is 26.3 Å². The fourth-order valence-electron chi connectivity index (χ4n) is 9.39. The Bertz CT molecular complexity index is 3210. The molecule has 0 aliphatic rings. The van der Waals surface area contributed by atoms with Gasteiger partial charge in [0.05, 0.1) is 33.2 Å². The summed E-state index contributed by atoms with van der Waals surface area (Å²) in [5, 5.41) is 3.45. The molecule has 0 saturated carbocycles. The predicted molar refractivity (Wildman–Crippen MR) is 240 cm³/mol. The van der Waals surface area contributed by atoms with Crippen molar-refractivity contribution < 1.29 is 26.3 Å². The van der Waals surface area contributed by atoms with Gasteiger partial charge in [0.25, 0.3) is 0 Å². The summed E-state index contributed by atoms with van der Waals surface area (Å²) in [6, 6.07) is 46.5. The molecule has 0 saturated heterocycles. The summed E-state index contributed by atoms with van der Waals surface area (Å²) >= 11 is 0. The second-order valence-electron chi connectivity index (χ2n) is 16.3. The number of aromatic nitrogens is 2. The fraction of sp³-hybridized carbons (Fsp3) is 0.111. The van der Waals surface area contributed by atoms with Crippen LogP contribution in [0.4, 0.5) is 26.3 Å². The van der Waals surface area contributed by atoms with Gasteiger partial charge in [-0.1, -0.05) is 108 Å². The lowest BCUT2D eigenvalue weighted by Gasteiger charge is -2.21. The van der Waals surface area contributed by atoms with E-state index in [1.54, 1.807) is 0 Å². The van der Waals surface area contributed by atoms with Gasteiger partial charge in [-0.2, -0.15) is 26.3 Å². The highest BCUT2D eigenvalue weighted by Crippen LogP contribution is 2.46. The third-order valence-corrected chi connectivity index (χ3v) is 12.2. The highest BCUT2D eigenvalue weighted by Gasteiger charge is 2.39. The van der Waals surface area contributed by atoms with Crippen LogP contribution in [0.2, 0.25) is 0 Å². The van der Waals surface area contributed by atoms with Crippen molar-refractivity contribution in [2.45, 2.75) is 40.0 Å². The number of hydrogen-bond acceptors (Lipinski definition) is 0. The highest BCUT2D eigenvalue weighted by atomic mass is 19.4. The van der Waals surface area contributed by atoms with Gasteiger partial charge in [0.15, 0.2) is 0 Å². The minimum atomic E-state index is -4.97. The first-order chi connectivity index (χ1) is 29.7. The SMILES string of the molecule is Cc1ccc(-c2ccc3c4ccccc4n(-c4ccc(C(F)(F)F)c(-c5cc(-n6c7ccccc7c7ccc(-c8ccc(C)cc8C)cc76)ccc5C(F)(F)F)c4)c3c2)c(C)c1. The van der Waals surface area contributed by atoms with Crippen molar-refractivity contribution in [3.05, 3.63) is 191 Å². The average Bonchev–Trinajstić information content (AvgIpc) is 3.74. The van der Waals surface area contributed by atoms with Crippen molar-refractivity contribution in [2.75, 3.05) is 0 Å². The number of rotatable bonds is 5. The number of nitrogens with zero attached hydrogens (tertiary/aromatic N) is 2. The smallest absolute Gasteiger partial charge is 0.309 e. The molecular weight excluding hydrogens is 791 g/mol. The third-order valence-electron chi connectivity index (χ3n) is 12.2. The Hall–Kier alpha value is -7.06. The van der Waals surface area contributed by atoms with Gasteiger partial charge < -0.3 is 9.13 Å². The van der Waals surface area contributed by atoms with Crippen molar-refractivity contribution in [2.24, 2.45) is 0 Å². The van der Waals surface area contributed by atoms with Crippen molar-refractivity contribution >= 4 is 43.6 Å². The minimum Gasteiger partial charge on any atom is -0.309 e. The van der Waals surface area contributed by atoms with Crippen LogP contribution in [0.1, 0.15) is 33.4 Å². The van der Waals surface area contributed by atoms with E-state index in [0.717, 1.165) is 78.2 Å². The van der Waals surface area contributed by atoms with E-state index in [4.69, 9.17) is 0 Å². The largest absolute Gasteiger partial charge is 0.417 e. The number of para-hydroxylation sites is 2. The molecule has 0 amide bonds. The second-order valence-corrected chi connectivity index (χ2v) is 16.3. The molecule has 0 fully saturated rings. The molecule has 0 aliphatic heterocycles. The van der Waals surface area contributed by atoms with E-state index in [0.29, 0.717) is 33.4 Å². The van der Waals surface area contributed by atoms with E-state index < -0.39 is 34.6 Å². The molecule has 2 aromatic heterocycles. The lowest BCUT2D eigenvalue weighted by molar-refractivity contribution is -0.139. The number of halogens is 6. The van der Waals surface area contributed by atoms with E-state index in [1.807, 2.05) is 146 Å². The predicted octanol–water partition coefficient (Wildman–Crippen LogP) is 16.2. The average molecular weight is 829 g/mol. The van der Waals surface area contributed by atoms with Crippen LogP contribution in [0.15, 0.2) is 158 Å². The molecule has 10 aromatic rings. The minimum absolute atomic E-state index is 0.297. The van der Waals surface area contributed by atoms with E-state index in [1.165, 1.54) is 24.3 Å². The lowest BCUT2D eigenvalue weighted by atomic mass is 9.93. The fourth-order valence-corrected chi connectivity index (χ4v) is 9.39. The summed E-state index contributed by atoms with van der Waals surface area (Å²) in [6.45, 7) is 8.09. The van der Waals surface area contributed by atoms with Gasteiger partial charge in [0.1, 0.15) is 0 Å². The van der Waals surface area contributed by atoms with Crippen LogP contribution in [0, 0.1) is 27.7 Å². The molecule has 306 valence electrons. The Morgan fingerprint density at radius 2 is 0.726 bits per heavy atom. The maximum absolute atomic E-state index is 15.2. The van der Waals surface area contributed by atoms with Crippen LogP contribution in [0.5, 0.6) is 0 Å². The zero-order valence-corrected chi connectivity index (χ0v) is 34.2. The van der Waals surface area contributed by atoms with Crippen LogP contribution < -0.4 is 0 Å². The molecule has 0 unspecified atom stereocenters. The summed E-state index contributed by atoms with van der Waals surface area (Å²) in [7, 11) is 0. The van der Waals surface area contributed by atoms with Gasteiger partial charge in [0, 0.05) is 32.9 Å². The van der Waals surface area contributed by atoms with Gasteiger partial charge in [-0.25, -0.2) is 0 Å². The zero-order chi connectivity index (χ0) is 43.2. The van der Waals surface area contributed by atoms with Crippen LogP contribution >= 0.6 is 0 Å². The van der Waals surface area contributed by atoms with Gasteiger partial charge in [-0.3, -0.25) is 0 Å². The van der Waals surface area contributed by atoms with E-state index in [9.17, 15) is 0 Å². The molecule has 2 nitrogen and oxygen atoms in total. The summed E-state index contributed by atoms with van der Waals surface area (Å²) in [5.41, 5.74) is 8.12. The molecule has 0 bridgehead atoms. The molecule has 0 atom stereocenters. The molecule has 0 aliphatic carbocycles. The van der Waals surface area contributed by atoms with Gasteiger partial charge >= 0.3 is 12.4 Å². The first-order valence-corrected chi connectivity index (χ1v) is 20.3.